The van der Waals surface area contributed by atoms with Gasteiger partial charge in [0, 0.05) is 6.54 Å². The summed E-state index contributed by atoms with van der Waals surface area (Å²) in [6.07, 6.45) is 6.58. The molecule has 0 saturated heterocycles. The van der Waals surface area contributed by atoms with Crippen LogP contribution in [-0.4, -0.2) is 36.5 Å². The van der Waals surface area contributed by atoms with E-state index in [1.807, 2.05) is 20.9 Å². The molecule has 1 aliphatic rings. The van der Waals surface area contributed by atoms with Crippen molar-refractivity contribution < 1.29 is 4.79 Å². The van der Waals surface area contributed by atoms with Crippen molar-refractivity contribution >= 4 is 5.91 Å². The van der Waals surface area contributed by atoms with E-state index >= 15 is 0 Å². The summed E-state index contributed by atoms with van der Waals surface area (Å²) in [5, 5.41) is 12.1. The van der Waals surface area contributed by atoms with E-state index in [-0.39, 0.29) is 11.8 Å². The van der Waals surface area contributed by atoms with Gasteiger partial charge in [-0.15, -0.1) is 0 Å². The van der Waals surface area contributed by atoms with Gasteiger partial charge in [-0.25, -0.2) is 0 Å². The molecule has 1 aliphatic carbocycles. The molecule has 114 valence electrons. The average molecular weight is 279 g/mol. The Balaban J connectivity index is 2.39. The van der Waals surface area contributed by atoms with Crippen molar-refractivity contribution in [1.29, 1.82) is 5.26 Å². The minimum Gasteiger partial charge on any atom is -0.337 e. The van der Waals surface area contributed by atoms with Crippen LogP contribution in [0.5, 0.6) is 0 Å². The molecule has 0 radical (unpaired) electrons. The second kappa shape index (κ2) is 7.64. The predicted molar refractivity (Wildman–Crippen MR) is 81.1 cm³/mol. The molecular formula is C16H29N3O. The number of amides is 1. The highest BCUT2D eigenvalue weighted by Gasteiger charge is 2.30. The number of nitriles is 1. The lowest BCUT2D eigenvalue weighted by Gasteiger charge is -2.30. The van der Waals surface area contributed by atoms with Crippen LogP contribution >= 0.6 is 0 Å². The number of hydrogen-bond acceptors (Lipinski definition) is 3. The van der Waals surface area contributed by atoms with Crippen LogP contribution in [0.3, 0.4) is 0 Å². The Morgan fingerprint density at radius 3 is 2.50 bits per heavy atom. The van der Waals surface area contributed by atoms with Gasteiger partial charge >= 0.3 is 0 Å². The Morgan fingerprint density at radius 2 is 2.00 bits per heavy atom. The Bertz CT molecular complexity index is 355. The first-order chi connectivity index (χ1) is 9.37. The van der Waals surface area contributed by atoms with Gasteiger partial charge in [-0.1, -0.05) is 33.1 Å². The van der Waals surface area contributed by atoms with Crippen molar-refractivity contribution in [3.63, 3.8) is 0 Å². The normalized spacial score (nSPS) is 19.6. The number of nitrogens with zero attached hydrogens (tertiary/aromatic N) is 2. The lowest BCUT2D eigenvalue weighted by atomic mass is 9.89. The molecule has 1 N–H and O–H groups in total. The minimum absolute atomic E-state index is 0.0546. The van der Waals surface area contributed by atoms with E-state index in [9.17, 15) is 10.1 Å². The van der Waals surface area contributed by atoms with E-state index in [0.717, 1.165) is 12.5 Å². The van der Waals surface area contributed by atoms with Gasteiger partial charge < -0.3 is 5.32 Å². The van der Waals surface area contributed by atoms with Crippen molar-refractivity contribution in [3.05, 3.63) is 0 Å². The molecule has 0 aliphatic heterocycles. The maximum absolute atomic E-state index is 12.1. The van der Waals surface area contributed by atoms with Crippen molar-refractivity contribution in [2.45, 2.75) is 58.4 Å². The van der Waals surface area contributed by atoms with Gasteiger partial charge in [0.25, 0.3) is 0 Å². The summed E-state index contributed by atoms with van der Waals surface area (Å²) in [5.41, 5.74) is -0.775. The minimum atomic E-state index is -0.775. The summed E-state index contributed by atoms with van der Waals surface area (Å²) in [7, 11) is 1.99. The van der Waals surface area contributed by atoms with Crippen LogP contribution in [-0.2, 0) is 4.79 Å². The summed E-state index contributed by atoms with van der Waals surface area (Å²) in [6, 6.07) is 2.21. The van der Waals surface area contributed by atoms with Gasteiger partial charge in [0.15, 0.2) is 0 Å². The molecule has 4 heteroatoms. The molecule has 4 nitrogen and oxygen atoms in total. The highest BCUT2D eigenvalue weighted by Crippen LogP contribution is 2.24. The average Bonchev–Trinajstić information content (AvgIpc) is 2.39. The smallest absolute Gasteiger partial charge is 0.235 e. The molecule has 0 aromatic heterocycles. The fraction of sp³-hybridized carbons (Fsp3) is 0.875. The monoisotopic (exact) mass is 279 g/mol. The van der Waals surface area contributed by atoms with Crippen LogP contribution in [0.4, 0.5) is 0 Å². The molecule has 0 spiro atoms. The van der Waals surface area contributed by atoms with Gasteiger partial charge in [-0.05, 0) is 38.6 Å². The molecule has 1 fully saturated rings. The Morgan fingerprint density at radius 1 is 1.40 bits per heavy atom. The summed E-state index contributed by atoms with van der Waals surface area (Å²) >= 11 is 0. The Hall–Kier alpha value is -1.08. The number of rotatable bonds is 6. The largest absolute Gasteiger partial charge is 0.337 e. The van der Waals surface area contributed by atoms with E-state index in [4.69, 9.17) is 0 Å². The second-order valence-corrected chi connectivity index (χ2v) is 6.72. The lowest BCUT2D eigenvalue weighted by molar-refractivity contribution is -0.123. The second-order valence-electron chi connectivity index (χ2n) is 6.72. The molecule has 0 unspecified atom stereocenters. The third kappa shape index (κ3) is 5.13. The van der Waals surface area contributed by atoms with Crippen LogP contribution in [0.15, 0.2) is 0 Å². The third-order valence-corrected chi connectivity index (χ3v) is 4.49. The molecule has 1 atom stereocenters. The van der Waals surface area contributed by atoms with Crippen LogP contribution in [0.1, 0.15) is 52.9 Å². The van der Waals surface area contributed by atoms with E-state index < -0.39 is 5.54 Å². The van der Waals surface area contributed by atoms with E-state index in [2.05, 4.69) is 16.3 Å². The number of likely N-dealkylation sites (N-methyl/N-ethyl adjacent to an activating group) is 1. The number of nitrogens with one attached hydrogen (secondary N) is 1. The first-order valence-electron chi connectivity index (χ1n) is 7.78. The number of hydrogen-bond donors (Lipinski definition) is 1. The van der Waals surface area contributed by atoms with Gasteiger partial charge in [0.05, 0.1) is 12.6 Å². The fourth-order valence-electron chi connectivity index (χ4n) is 2.75. The van der Waals surface area contributed by atoms with Gasteiger partial charge in [-0.2, -0.15) is 5.26 Å². The molecule has 20 heavy (non-hydrogen) atoms. The van der Waals surface area contributed by atoms with Crippen LogP contribution in [0.25, 0.3) is 0 Å². The Labute approximate surface area is 123 Å². The van der Waals surface area contributed by atoms with Crippen molar-refractivity contribution in [2.75, 3.05) is 20.1 Å². The number of carbonyl (C=O) groups excluding carboxylic acids is 1. The van der Waals surface area contributed by atoms with Gasteiger partial charge in [0.2, 0.25) is 5.91 Å². The molecule has 0 heterocycles. The van der Waals surface area contributed by atoms with Crippen molar-refractivity contribution in [3.8, 4) is 6.07 Å². The quantitative estimate of drug-likeness (QED) is 0.813. The third-order valence-electron chi connectivity index (χ3n) is 4.49. The first kappa shape index (κ1) is 17.0. The fourth-order valence-corrected chi connectivity index (χ4v) is 2.75. The summed E-state index contributed by atoms with van der Waals surface area (Å²) in [6.45, 7) is 7.06. The molecule has 1 amide bonds. The van der Waals surface area contributed by atoms with Crippen LogP contribution in [0.2, 0.25) is 0 Å². The topological polar surface area (TPSA) is 56.1 Å². The van der Waals surface area contributed by atoms with E-state index in [1.165, 1.54) is 32.1 Å². The SMILES string of the molecule is CC(C)[C@](C)(C#N)NC(=O)CN(C)CC1CCCCC1. The standard InChI is InChI=1S/C16H29N3O/c1-13(2)16(3,12-17)18-15(20)11-19(4)10-14-8-6-5-7-9-14/h13-14H,5-11H2,1-4H3,(H,18,20)/t16-/m0/s1. The molecule has 0 aromatic rings. The zero-order valence-electron chi connectivity index (χ0n) is 13.4. The first-order valence-corrected chi connectivity index (χ1v) is 7.78. The molecule has 1 saturated carbocycles. The summed E-state index contributed by atoms with van der Waals surface area (Å²) < 4.78 is 0. The summed E-state index contributed by atoms with van der Waals surface area (Å²) in [4.78, 5) is 14.2. The summed E-state index contributed by atoms with van der Waals surface area (Å²) in [5.74, 6) is 0.773. The molecular weight excluding hydrogens is 250 g/mol. The van der Waals surface area contributed by atoms with Gasteiger partial charge in [0.1, 0.15) is 5.54 Å². The van der Waals surface area contributed by atoms with Crippen molar-refractivity contribution in [2.24, 2.45) is 11.8 Å². The van der Waals surface area contributed by atoms with Gasteiger partial charge in [-0.3, -0.25) is 9.69 Å². The predicted octanol–water partition coefficient (Wildman–Crippen LogP) is 2.55. The lowest BCUT2D eigenvalue weighted by Crippen LogP contribution is -2.51. The van der Waals surface area contributed by atoms with Crippen LogP contribution < -0.4 is 5.32 Å². The maximum atomic E-state index is 12.1. The zero-order valence-corrected chi connectivity index (χ0v) is 13.4. The molecule has 0 aromatic carbocycles. The maximum Gasteiger partial charge on any atom is 0.235 e. The van der Waals surface area contributed by atoms with E-state index in [0.29, 0.717) is 6.54 Å². The van der Waals surface area contributed by atoms with E-state index in [1.54, 1.807) is 6.92 Å². The number of carbonyl (C=O) groups is 1. The highest BCUT2D eigenvalue weighted by atomic mass is 16.2. The Kier molecular flexibility index (Phi) is 6.48. The highest BCUT2D eigenvalue weighted by molar-refractivity contribution is 5.79. The van der Waals surface area contributed by atoms with Crippen LogP contribution in [0, 0.1) is 23.2 Å². The van der Waals surface area contributed by atoms with Crippen molar-refractivity contribution in [1.82, 2.24) is 10.2 Å². The molecule has 0 bridgehead atoms. The zero-order chi connectivity index (χ0) is 15.2. The molecule has 1 rings (SSSR count).